The van der Waals surface area contributed by atoms with Crippen molar-refractivity contribution in [3.63, 3.8) is 0 Å². The minimum atomic E-state index is -0.887. The van der Waals surface area contributed by atoms with Crippen LogP contribution in [-0.4, -0.2) is 42.1 Å². The Kier molecular flexibility index (Phi) is 4.87. The van der Waals surface area contributed by atoms with Crippen LogP contribution >= 0.6 is 0 Å². The molecule has 0 aliphatic heterocycles. The molecule has 0 radical (unpaired) electrons. The molecule has 0 saturated carbocycles. The number of carbonyl (C=O) groups is 2. The Morgan fingerprint density at radius 2 is 2.08 bits per heavy atom. The first kappa shape index (κ1) is 11.7. The first-order chi connectivity index (χ1) is 6.02. The SMILES string of the molecule is CCN(CC(C)C(=O)O)C(=O)NC. The fourth-order valence-corrected chi connectivity index (χ4v) is 0.922. The fraction of sp³-hybridized carbons (Fsp3) is 0.750. The Morgan fingerprint density at radius 1 is 1.54 bits per heavy atom. The third kappa shape index (κ3) is 3.78. The van der Waals surface area contributed by atoms with Gasteiger partial charge in [0.05, 0.1) is 5.92 Å². The van der Waals surface area contributed by atoms with E-state index in [1.807, 2.05) is 6.92 Å². The van der Waals surface area contributed by atoms with Gasteiger partial charge in [-0.3, -0.25) is 4.79 Å². The largest absolute Gasteiger partial charge is 0.481 e. The highest BCUT2D eigenvalue weighted by atomic mass is 16.4. The van der Waals surface area contributed by atoms with E-state index in [1.54, 1.807) is 6.92 Å². The van der Waals surface area contributed by atoms with Crippen LogP contribution in [0.25, 0.3) is 0 Å². The molecule has 0 aromatic heterocycles. The lowest BCUT2D eigenvalue weighted by Crippen LogP contribution is -2.41. The van der Waals surface area contributed by atoms with Crippen LogP contribution in [0.5, 0.6) is 0 Å². The van der Waals surface area contributed by atoms with Gasteiger partial charge in [0.2, 0.25) is 0 Å². The highest BCUT2D eigenvalue weighted by Gasteiger charge is 2.17. The first-order valence-electron chi connectivity index (χ1n) is 4.22. The summed E-state index contributed by atoms with van der Waals surface area (Å²) in [5.41, 5.74) is 0. The Bertz CT molecular complexity index is 194. The first-order valence-corrected chi connectivity index (χ1v) is 4.22. The summed E-state index contributed by atoms with van der Waals surface area (Å²) in [5, 5.41) is 11.1. The third-order valence-corrected chi connectivity index (χ3v) is 1.80. The highest BCUT2D eigenvalue weighted by Crippen LogP contribution is 2.00. The summed E-state index contributed by atoms with van der Waals surface area (Å²) in [7, 11) is 1.52. The lowest BCUT2D eigenvalue weighted by atomic mass is 10.2. The zero-order chi connectivity index (χ0) is 10.4. The van der Waals surface area contributed by atoms with Gasteiger partial charge in [0.25, 0.3) is 0 Å². The number of nitrogens with zero attached hydrogens (tertiary/aromatic N) is 1. The van der Waals surface area contributed by atoms with Gasteiger partial charge in [-0.25, -0.2) is 4.79 Å². The number of aliphatic carboxylic acids is 1. The van der Waals surface area contributed by atoms with Crippen LogP contribution in [0.15, 0.2) is 0 Å². The molecule has 5 heteroatoms. The molecule has 0 aliphatic carbocycles. The van der Waals surface area contributed by atoms with Crippen molar-refractivity contribution in [1.29, 1.82) is 0 Å². The van der Waals surface area contributed by atoms with Crippen molar-refractivity contribution in [3.05, 3.63) is 0 Å². The molecule has 2 N–H and O–H groups in total. The molecule has 2 amide bonds. The second kappa shape index (κ2) is 5.40. The van der Waals surface area contributed by atoms with Crippen LogP contribution in [0.4, 0.5) is 4.79 Å². The molecular weight excluding hydrogens is 172 g/mol. The summed E-state index contributed by atoms with van der Waals surface area (Å²) in [4.78, 5) is 23.1. The van der Waals surface area contributed by atoms with E-state index in [0.29, 0.717) is 6.54 Å². The number of amides is 2. The van der Waals surface area contributed by atoms with Gasteiger partial charge in [-0.2, -0.15) is 0 Å². The topological polar surface area (TPSA) is 69.6 Å². The van der Waals surface area contributed by atoms with E-state index in [9.17, 15) is 9.59 Å². The lowest BCUT2D eigenvalue weighted by Gasteiger charge is -2.21. The molecule has 0 bridgehead atoms. The summed E-state index contributed by atoms with van der Waals surface area (Å²) in [6, 6.07) is -0.240. The van der Waals surface area contributed by atoms with Gasteiger partial charge in [-0.15, -0.1) is 0 Å². The quantitative estimate of drug-likeness (QED) is 0.669. The normalized spacial score (nSPS) is 11.9. The van der Waals surface area contributed by atoms with Gasteiger partial charge in [0.1, 0.15) is 0 Å². The zero-order valence-electron chi connectivity index (χ0n) is 8.20. The number of carboxylic acids is 1. The predicted molar refractivity (Wildman–Crippen MR) is 48.5 cm³/mol. The van der Waals surface area contributed by atoms with Crippen molar-refractivity contribution in [1.82, 2.24) is 10.2 Å². The molecule has 0 fully saturated rings. The molecule has 0 aromatic rings. The Hall–Kier alpha value is -1.26. The smallest absolute Gasteiger partial charge is 0.317 e. The maximum absolute atomic E-state index is 11.1. The Labute approximate surface area is 77.7 Å². The molecule has 1 unspecified atom stereocenters. The average molecular weight is 188 g/mol. The van der Waals surface area contributed by atoms with Crippen molar-refractivity contribution in [2.24, 2.45) is 5.92 Å². The summed E-state index contributed by atoms with van der Waals surface area (Å²) in [6.07, 6.45) is 0. The number of carbonyl (C=O) groups excluding carboxylic acids is 1. The molecule has 0 saturated heterocycles. The number of rotatable bonds is 4. The van der Waals surface area contributed by atoms with Crippen LogP contribution in [-0.2, 0) is 4.79 Å². The molecule has 13 heavy (non-hydrogen) atoms. The molecule has 0 heterocycles. The molecule has 1 atom stereocenters. The minimum Gasteiger partial charge on any atom is -0.481 e. The monoisotopic (exact) mass is 188 g/mol. The van der Waals surface area contributed by atoms with Crippen LogP contribution in [0.2, 0.25) is 0 Å². The van der Waals surface area contributed by atoms with Gasteiger partial charge in [0.15, 0.2) is 0 Å². The Balaban J connectivity index is 4.12. The minimum absolute atomic E-state index is 0.240. The number of hydrogen-bond acceptors (Lipinski definition) is 2. The number of nitrogens with one attached hydrogen (secondary N) is 1. The number of hydrogen-bond donors (Lipinski definition) is 2. The Morgan fingerprint density at radius 3 is 2.38 bits per heavy atom. The van der Waals surface area contributed by atoms with Crippen LogP contribution in [0.3, 0.4) is 0 Å². The van der Waals surface area contributed by atoms with Crippen LogP contribution in [0, 0.1) is 5.92 Å². The highest BCUT2D eigenvalue weighted by molar-refractivity contribution is 5.75. The van der Waals surface area contributed by atoms with Crippen molar-refractivity contribution >= 4 is 12.0 Å². The van der Waals surface area contributed by atoms with Gasteiger partial charge in [-0.1, -0.05) is 6.92 Å². The molecule has 5 nitrogen and oxygen atoms in total. The molecule has 0 rings (SSSR count). The summed E-state index contributed by atoms with van der Waals surface area (Å²) in [5.74, 6) is -1.42. The van der Waals surface area contributed by atoms with E-state index in [4.69, 9.17) is 5.11 Å². The van der Waals surface area contributed by atoms with Crippen molar-refractivity contribution < 1.29 is 14.7 Å². The molecule has 0 aliphatic rings. The molecule has 0 spiro atoms. The second-order valence-electron chi connectivity index (χ2n) is 2.83. The van der Waals surface area contributed by atoms with Gasteiger partial charge in [-0.05, 0) is 6.92 Å². The average Bonchev–Trinajstić information content (AvgIpc) is 2.12. The summed E-state index contributed by atoms with van der Waals surface area (Å²) < 4.78 is 0. The lowest BCUT2D eigenvalue weighted by molar-refractivity contribution is -0.141. The van der Waals surface area contributed by atoms with Crippen molar-refractivity contribution in [2.45, 2.75) is 13.8 Å². The van der Waals surface area contributed by atoms with Gasteiger partial charge >= 0.3 is 12.0 Å². The predicted octanol–water partition coefficient (Wildman–Crippen LogP) is 0.368. The second-order valence-corrected chi connectivity index (χ2v) is 2.83. The van der Waals surface area contributed by atoms with E-state index >= 15 is 0 Å². The molecule has 76 valence electrons. The standard InChI is InChI=1S/C8H16N2O3/c1-4-10(8(13)9-3)5-6(2)7(11)12/h6H,4-5H2,1-3H3,(H,9,13)(H,11,12). The van der Waals surface area contributed by atoms with Crippen molar-refractivity contribution in [2.75, 3.05) is 20.1 Å². The zero-order valence-corrected chi connectivity index (χ0v) is 8.20. The van der Waals surface area contributed by atoms with E-state index in [0.717, 1.165) is 0 Å². The fourth-order valence-electron chi connectivity index (χ4n) is 0.922. The van der Waals surface area contributed by atoms with E-state index < -0.39 is 11.9 Å². The summed E-state index contributed by atoms with van der Waals surface area (Å²) in [6.45, 7) is 4.14. The van der Waals surface area contributed by atoms with Gasteiger partial charge in [0, 0.05) is 20.1 Å². The third-order valence-electron chi connectivity index (χ3n) is 1.80. The van der Waals surface area contributed by atoms with E-state index in [1.165, 1.54) is 11.9 Å². The summed E-state index contributed by atoms with van der Waals surface area (Å²) >= 11 is 0. The maximum Gasteiger partial charge on any atom is 0.317 e. The van der Waals surface area contributed by atoms with Crippen LogP contribution < -0.4 is 5.32 Å². The number of carboxylic acid groups (broad SMARTS) is 1. The van der Waals surface area contributed by atoms with Crippen molar-refractivity contribution in [3.8, 4) is 0 Å². The van der Waals surface area contributed by atoms with Crippen LogP contribution in [0.1, 0.15) is 13.8 Å². The van der Waals surface area contributed by atoms with Gasteiger partial charge < -0.3 is 15.3 Å². The maximum atomic E-state index is 11.1. The molecule has 0 aromatic carbocycles. The number of urea groups is 1. The van der Waals surface area contributed by atoms with E-state index in [-0.39, 0.29) is 12.6 Å². The van der Waals surface area contributed by atoms with E-state index in [2.05, 4.69) is 5.32 Å². The molecular formula is C8H16N2O3.